The van der Waals surface area contributed by atoms with Gasteiger partial charge in [0.2, 0.25) is 5.78 Å². The summed E-state index contributed by atoms with van der Waals surface area (Å²) in [5.74, 6) is 0.864. The van der Waals surface area contributed by atoms with Gasteiger partial charge in [0.25, 0.3) is 6.43 Å². The van der Waals surface area contributed by atoms with Gasteiger partial charge in [-0.3, -0.25) is 4.40 Å². The summed E-state index contributed by atoms with van der Waals surface area (Å²) in [6.07, 6.45) is 2.35. The number of fused-ring (bicyclic) bond motifs is 3. The molecule has 0 saturated carbocycles. The van der Waals surface area contributed by atoms with Crippen molar-refractivity contribution in [3.05, 3.63) is 59.8 Å². The monoisotopic (exact) mass is 455 g/mol. The first-order chi connectivity index (χ1) is 15.9. The van der Waals surface area contributed by atoms with E-state index in [4.69, 9.17) is 0 Å². The van der Waals surface area contributed by atoms with E-state index in [0.29, 0.717) is 11.6 Å². The van der Waals surface area contributed by atoms with Crippen LogP contribution in [0.3, 0.4) is 0 Å². The van der Waals surface area contributed by atoms with E-state index < -0.39 is 23.8 Å². The summed E-state index contributed by atoms with van der Waals surface area (Å²) in [5.41, 5.74) is 0.332. The Bertz CT molecular complexity index is 1310. The predicted octanol–water partition coefficient (Wildman–Crippen LogP) is 4.33. The molecule has 0 amide bonds. The van der Waals surface area contributed by atoms with Crippen molar-refractivity contribution < 1.29 is 13.2 Å². The zero-order valence-corrected chi connectivity index (χ0v) is 18.3. The Morgan fingerprint density at radius 3 is 2.82 bits per heavy atom. The highest BCUT2D eigenvalue weighted by molar-refractivity contribution is 5.92. The van der Waals surface area contributed by atoms with Crippen LogP contribution in [0.2, 0.25) is 0 Å². The maximum Gasteiger partial charge on any atom is 0.266 e. The fraction of sp³-hybridized carbons (Fsp3) is 0.348. The van der Waals surface area contributed by atoms with Crippen LogP contribution in [0.25, 0.3) is 16.7 Å². The molecule has 172 valence electrons. The zero-order chi connectivity index (χ0) is 23.1. The van der Waals surface area contributed by atoms with Gasteiger partial charge in [-0.05, 0) is 19.9 Å². The van der Waals surface area contributed by atoms with Gasteiger partial charge in [-0.25, -0.2) is 23.1 Å². The summed E-state index contributed by atoms with van der Waals surface area (Å²) in [6, 6.07) is 5.68. The van der Waals surface area contributed by atoms with Gasteiger partial charge >= 0.3 is 0 Å². The molecule has 1 saturated heterocycles. The number of imidazole rings is 1. The number of pyridine rings is 1. The molecule has 1 aliphatic heterocycles. The first-order valence-corrected chi connectivity index (χ1v) is 10.9. The van der Waals surface area contributed by atoms with E-state index in [0.717, 1.165) is 42.4 Å². The second-order valence-electron chi connectivity index (χ2n) is 8.28. The highest BCUT2D eigenvalue weighted by Gasteiger charge is 2.23. The Morgan fingerprint density at radius 2 is 2.03 bits per heavy atom. The Hall–Kier alpha value is -3.40. The number of hydrogen-bond acceptors (Lipinski definition) is 6. The number of nitrogens with zero attached hydrogens (tertiary/aromatic N) is 5. The van der Waals surface area contributed by atoms with E-state index in [-0.39, 0.29) is 11.6 Å². The van der Waals surface area contributed by atoms with Crippen molar-refractivity contribution >= 4 is 28.3 Å². The number of anilines is 2. The van der Waals surface area contributed by atoms with E-state index in [1.54, 1.807) is 25.5 Å². The normalized spacial score (nSPS) is 17.8. The van der Waals surface area contributed by atoms with Crippen molar-refractivity contribution in [1.29, 1.82) is 0 Å². The fourth-order valence-corrected chi connectivity index (χ4v) is 4.35. The van der Waals surface area contributed by atoms with Crippen LogP contribution in [0.4, 0.5) is 24.8 Å². The SMILES string of the molecule is CC(Nc1nc2nccn2c2cnc(N3CCNCC3C)cc12)c1cccc(C(F)F)c1F. The second kappa shape index (κ2) is 8.51. The van der Waals surface area contributed by atoms with E-state index in [9.17, 15) is 13.2 Å². The average Bonchev–Trinajstić information content (AvgIpc) is 3.28. The van der Waals surface area contributed by atoms with Crippen molar-refractivity contribution in [2.24, 2.45) is 0 Å². The highest BCUT2D eigenvalue weighted by atomic mass is 19.3. The number of halogens is 3. The van der Waals surface area contributed by atoms with Gasteiger partial charge < -0.3 is 15.5 Å². The van der Waals surface area contributed by atoms with E-state index in [1.807, 2.05) is 10.5 Å². The largest absolute Gasteiger partial charge is 0.363 e. The van der Waals surface area contributed by atoms with E-state index in [1.165, 1.54) is 12.1 Å². The molecule has 0 radical (unpaired) electrons. The summed E-state index contributed by atoms with van der Waals surface area (Å²) in [4.78, 5) is 15.8. The quantitative estimate of drug-likeness (QED) is 0.467. The molecule has 2 N–H and O–H groups in total. The molecule has 4 heterocycles. The Morgan fingerprint density at radius 1 is 1.21 bits per heavy atom. The second-order valence-corrected chi connectivity index (χ2v) is 8.28. The lowest BCUT2D eigenvalue weighted by Gasteiger charge is -2.35. The summed E-state index contributed by atoms with van der Waals surface area (Å²) < 4.78 is 43.0. The number of hydrogen-bond donors (Lipinski definition) is 2. The van der Waals surface area contributed by atoms with Crippen molar-refractivity contribution in [3.8, 4) is 0 Å². The molecule has 4 aromatic rings. The third kappa shape index (κ3) is 3.84. The molecule has 10 heteroatoms. The minimum absolute atomic E-state index is 0.149. The first kappa shape index (κ1) is 21.4. The lowest BCUT2D eigenvalue weighted by atomic mass is 10.0. The van der Waals surface area contributed by atoms with Gasteiger partial charge in [-0.1, -0.05) is 18.2 Å². The molecule has 7 nitrogen and oxygen atoms in total. The third-order valence-electron chi connectivity index (χ3n) is 6.13. The van der Waals surface area contributed by atoms with Gasteiger partial charge in [0, 0.05) is 49.0 Å². The number of nitrogens with one attached hydrogen (secondary N) is 2. The van der Waals surface area contributed by atoms with Crippen LogP contribution in [-0.2, 0) is 0 Å². The van der Waals surface area contributed by atoms with Gasteiger partial charge in [0.15, 0.2) is 0 Å². The van der Waals surface area contributed by atoms with Crippen LogP contribution < -0.4 is 15.5 Å². The van der Waals surface area contributed by atoms with Crippen LogP contribution >= 0.6 is 0 Å². The van der Waals surface area contributed by atoms with Crippen LogP contribution in [0, 0.1) is 5.82 Å². The molecule has 1 fully saturated rings. The molecule has 0 bridgehead atoms. The van der Waals surface area contributed by atoms with Crippen molar-refractivity contribution in [2.75, 3.05) is 29.9 Å². The predicted molar refractivity (Wildman–Crippen MR) is 121 cm³/mol. The number of rotatable bonds is 5. The maximum atomic E-state index is 14.8. The Balaban J connectivity index is 1.59. The van der Waals surface area contributed by atoms with Crippen molar-refractivity contribution in [2.45, 2.75) is 32.4 Å². The average molecular weight is 455 g/mol. The lowest BCUT2D eigenvalue weighted by Crippen LogP contribution is -2.50. The van der Waals surface area contributed by atoms with E-state index >= 15 is 0 Å². The number of piperazine rings is 1. The summed E-state index contributed by atoms with van der Waals surface area (Å²) >= 11 is 0. The number of benzene rings is 1. The smallest absolute Gasteiger partial charge is 0.266 e. The minimum Gasteiger partial charge on any atom is -0.363 e. The number of aromatic nitrogens is 4. The minimum atomic E-state index is -2.88. The Kier molecular flexibility index (Phi) is 5.53. The van der Waals surface area contributed by atoms with Gasteiger partial charge in [-0.15, -0.1) is 0 Å². The maximum absolute atomic E-state index is 14.8. The molecular formula is C23H24F3N7. The highest BCUT2D eigenvalue weighted by Crippen LogP contribution is 2.32. The molecule has 3 aromatic heterocycles. The molecule has 5 rings (SSSR count). The molecular weight excluding hydrogens is 431 g/mol. The molecule has 2 unspecified atom stereocenters. The zero-order valence-electron chi connectivity index (χ0n) is 18.3. The van der Waals surface area contributed by atoms with Crippen LogP contribution in [0.15, 0.2) is 42.9 Å². The summed E-state index contributed by atoms with van der Waals surface area (Å²) in [7, 11) is 0. The van der Waals surface area contributed by atoms with Gasteiger partial charge in [-0.2, -0.15) is 4.98 Å². The summed E-state index contributed by atoms with van der Waals surface area (Å²) in [6.45, 7) is 6.41. The molecule has 0 aliphatic carbocycles. The Labute approximate surface area is 188 Å². The summed E-state index contributed by atoms with van der Waals surface area (Å²) in [5, 5.41) is 7.38. The topological polar surface area (TPSA) is 70.4 Å². The van der Waals surface area contributed by atoms with E-state index in [2.05, 4.69) is 37.4 Å². The third-order valence-corrected chi connectivity index (χ3v) is 6.13. The molecule has 1 aliphatic rings. The lowest BCUT2D eigenvalue weighted by molar-refractivity contribution is 0.146. The van der Waals surface area contributed by atoms with Gasteiger partial charge in [0.1, 0.15) is 17.5 Å². The van der Waals surface area contributed by atoms with Gasteiger partial charge in [0.05, 0.1) is 23.3 Å². The molecule has 1 aromatic carbocycles. The molecule has 0 spiro atoms. The van der Waals surface area contributed by atoms with Crippen LogP contribution in [-0.4, -0.2) is 45.0 Å². The fourth-order valence-electron chi connectivity index (χ4n) is 4.35. The standard InChI is InChI=1S/C23H24F3N7/c1-13-11-27-6-8-32(13)19-10-17-18(12-29-19)33-9-7-28-23(33)31-22(17)30-14(2)15-4-3-5-16(20(15)24)21(25)26/h3-5,7,9-10,12-14,21,27H,6,8,11H2,1-2H3,(H,28,30,31). The van der Waals surface area contributed by atoms with Crippen molar-refractivity contribution in [1.82, 2.24) is 24.7 Å². The molecule has 33 heavy (non-hydrogen) atoms. The first-order valence-electron chi connectivity index (χ1n) is 10.9. The van der Waals surface area contributed by atoms with Crippen LogP contribution in [0.1, 0.15) is 37.4 Å². The number of alkyl halides is 2. The molecule has 2 atom stereocenters. The van der Waals surface area contributed by atoms with Crippen molar-refractivity contribution in [3.63, 3.8) is 0 Å². The van der Waals surface area contributed by atoms with Crippen LogP contribution in [0.5, 0.6) is 0 Å².